The third kappa shape index (κ3) is 7.88. The summed E-state index contributed by atoms with van der Waals surface area (Å²) in [4.78, 5) is 48.6. The van der Waals surface area contributed by atoms with Gasteiger partial charge in [-0.15, -0.1) is 0 Å². The number of ether oxygens (including phenoxy) is 1. The number of carboxylic acids is 1. The van der Waals surface area contributed by atoms with E-state index in [9.17, 15) is 19.5 Å². The molecule has 14 heteroatoms. The summed E-state index contributed by atoms with van der Waals surface area (Å²) in [6, 6.07) is 6.47. The lowest BCUT2D eigenvalue weighted by Crippen LogP contribution is -2.52. The number of aromatic carboxylic acids is 1. The predicted octanol–water partition coefficient (Wildman–Crippen LogP) is 5.26. The van der Waals surface area contributed by atoms with E-state index in [4.69, 9.17) is 26.5 Å². The maximum Gasteiger partial charge on any atom is 0.372 e. The van der Waals surface area contributed by atoms with Gasteiger partial charge in [0.25, 0.3) is 0 Å². The number of carbonyl (C=O) groups is 3. The van der Waals surface area contributed by atoms with E-state index in [1.807, 2.05) is 19.9 Å². The zero-order chi connectivity index (χ0) is 34.0. The lowest BCUT2D eigenvalue weighted by atomic mass is 9.83. The number of likely N-dealkylation sites (tertiary alicyclic amines) is 1. The van der Waals surface area contributed by atoms with Crippen LogP contribution in [0.1, 0.15) is 69.6 Å². The number of carboxylic acid groups (broad SMARTS) is 1. The molecule has 2 unspecified atom stereocenters. The Bertz CT molecular complexity index is 1590. The highest BCUT2D eigenvalue weighted by Gasteiger charge is 2.38. The summed E-state index contributed by atoms with van der Waals surface area (Å²) in [5.74, 6) is -1.87. The number of halogens is 1. The fraction of sp³-hybridized carbons (Fsp3) is 0.531. The van der Waals surface area contributed by atoms with Crippen molar-refractivity contribution in [2.75, 3.05) is 25.1 Å². The normalized spacial score (nSPS) is 17.8. The highest BCUT2D eigenvalue weighted by atomic mass is 35.5. The molecule has 1 aliphatic heterocycles. The number of anilines is 1. The Labute approximate surface area is 275 Å². The lowest BCUT2D eigenvalue weighted by Gasteiger charge is -2.40. The first-order chi connectivity index (χ1) is 21.5. The number of imidazole rings is 1. The van der Waals surface area contributed by atoms with E-state index in [1.54, 1.807) is 18.2 Å². The molecular weight excluding hydrogens is 628 g/mol. The van der Waals surface area contributed by atoms with Crippen molar-refractivity contribution in [2.45, 2.75) is 90.1 Å². The van der Waals surface area contributed by atoms with Crippen molar-refractivity contribution in [1.82, 2.24) is 19.4 Å². The zero-order valence-electron chi connectivity index (χ0n) is 27.6. The summed E-state index contributed by atoms with van der Waals surface area (Å²) in [5.41, 5.74) is 7.40. The zero-order valence-corrected chi connectivity index (χ0v) is 29.3. The van der Waals surface area contributed by atoms with Gasteiger partial charge >= 0.3 is 5.97 Å². The number of amides is 2. The first kappa shape index (κ1) is 35.3. The minimum absolute atomic E-state index is 0.0175. The van der Waals surface area contributed by atoms with Crippen LogP contribution >= 0.6 is 11.6 Å². The molecule has 1 saturated heterocycles. The standard InChI is InChI=1S/C32H45ClN6O6Si/c1-19(2)38-13-12-20(16-24(38)29(34)41)22-9-10-23-27(28(22)44-14-15-45-46(6,7)32(3,4)5)37-30(31(42)43)39(23)18-26(40)36-25-11-8-21(33)17-35-25/h8-11,17,19-20,24H,12-16,18H2,1-7H3,(H2,34,41)(H,42,43)(H,35,36,40). The van der Waals surface area contributed by atoms with E-state index in [0.717, 1.165) is 12.0 Å². The second kappa shape index (κ2) is 14.1. The monoisotopic (exact) mass is 672 g/mol. The number of nitrogens with zero attached hydrogens (tertiary/aromatic N) is 4. The molecule has 1 aliphatic rings. The van der Waals surface area contributed by atoms with Crippen LogP contribution in [0.5, 0.6) is 5.75 Å². The maximum atomic E-state index is 13.0. The third-order valence-electron chi connectivity index (χ3n) is 9.07. The van der Waals surface area contributed by atoms with Crippen LogP contribution in [0.15, 0.2) is 30.5 Å². The second-order valence-corrected chi connectivity index (χ2v) is 18.8. The molecule has 250 valence electrons. The van der Waals surface area contributed by atoms with Crippen molar-refractivity contribution in [1.29, 1.82) is 0 Å². The van der Waals surface area contributed by atoms with Gasteiger partial charge in [-0.3, -0.25) is 14.5 Å². The SMILES string of the molecule is CC(C)N1CCC(c2ccc3c(nc(C(=O)O)n3CC(=O)Nc3ccc(Cl)cn3)c2OCCO[Si](C)(C)C(C)(C)C)CC1C(N)=O. The fourth-order valence-corrected chi connectivity index (χ4v) is 6.71. The molecule has 2 atom stereocenters. The number of benzene rings is 1. The number of hydrogen-bond donors (Lipinski definition) is 3. The number of carbonyl (C=O) groups excluding carboxylic acids is 2. The van der Waals surface area contributed by atoms with E-state index in [-0.39, 0.29) is 47.7 Å². The predicted molar refractivity (Wildman–Crippen MR) is 180 cm³/mol. The van der Waals surface area contributed by atoms with Crippen LogP contribution in [-0.2, 0) is 20.6 Å². The number of primary amides is 1. The first-order valence-electron chi connectivity index (χ1n) is 15.5. The number of rotatable bonds is 12. The average Bonchev–Trinajstić information content (AvgIpc) is 3.34. The van der Waals surface area contributed by atoms with Crippen LogP contribution in [0.25, 0.3) is 11.0 Å². The van der Waals surface area contributed by atoms with Gasteiger partial charge in [-0.25, -0.2) is 14.8 Å². The highest BCUT2D eigenvalue weighted by molar-refractivity contribution is 6.74. The summed E-state index contributed by atoms with van der Waals surface area (Å²) >= 11 is 5.90. The molecule has 1 aromatic carbocycles. The number of aromatic nitrogens is 3. The van der Waals surface area contributed by atoms with Gasteiger partial charge in [0.1, 0.15) is 24.5 Å². The Morgan fingerprint density at radius 3 is 2.48 bits per heavy atom. The van der Waals surface area contributed by atoms with Crippen molar-refractivity contribution in [3.63, 3.8) is 0 Å². The molecule has 2 amide bonds. The summed E-state index contributed by atoms with van der Waals surface area (Å²) in [7, 11) is -2.05. The van der Waals surface area contributed by atoms with Crippen LogP contribution in [0.3, 0.4) is 0 Å². The largest absolute Gasteiger partial charge is 0.489 e. The molecule has 3 aromatic rings. The van der Waals surface area contributed by atoms with Gasteiger partial charge in [0.15, 0.2) is 14.1 Å². The Balaban J connectivity index is 1.72. The Kier molecular flexibility index (Phi) is 10.8. The van der Waals surface area contributed by atoms with Gasteiger partial charge in [-0.05, 0) is 81.0 Å². The molecule has 46 heavy (non-hydrogen) atoms. The van der Waals surface area contributed by atoms with Gasteiger partial charge in [0.2, 0.25) is 17.6 Å². The molecule has 12 nitrogen and oxygen atoms in total. The maximum absolute atomic E-state index is 13.0. The molecular formula is C32H45ClN6O6Si. The summed E-state index contributed by atoms with van der Waals surface area (Å²) in [6.07, 6.45) is 2.63. The number of nitrogens with one attached hydrogen (secondary N) is 1. The molecule has 4 N–H and O–H groups in total. The molecule has 1 fully saturated rings. The quantitative estimate of drug-likeness (QED) is 0.172. The van der Waals surface area contributed by atoms with E-state index in [1.165, 1.54) is 10.8 Å². The number of piperidine rings is 1. The minimum atomic E-state index is -2.05. The van der Waals surface area contributed by atoms with Crippen molar-refractivity contribution < 1.29 is 28.7 Å². The van der Waals surface area contributed by atoms with Crippen LogP contribution in [-0.4, -0.2) is 82.5 Å². The topological polar surface area (TPSA) is 162 Å². The fourth-order valence-electron chi connectivity index (χ4n) is 5.58. The van der Waals surface area contributed by atoms with Crippen molar-refractivity contribution in [2.24, 2.45) is 5.73 Å². The van der Waals surface area contributed by atoms with Gasteiger partial charge in [0.05, 0.1) is 23.2 Å². The van der Waals surface area contributed by atoms with Gasteiger partial charge in [-0.2, -0.15) is 0 Å². The second-order valence-electron chi connectivity index (χ2n) is 13.5. The molecule has 0 spiro atoms. The van der Waals surface area contributed by atoms with Gasteiger partial charge < -0.3 is 29.9 Å². The molecule has 0 bridgehead atoms. The highest BCUT2D eigenvalue weighted by Crippen LogP contribution is 2.41. The minimum Gasteiger partial charge on any atom is -0.489 e. The van der Waals surface area contributed by atoms with Crippen LogP contribution in [0.2, 0.25) is 23.2 Å². The summed E-state index contributed by atoms with van der Waals surface area (Å²) in [5, 5.41) is 13.2. The van der Waals surface area contributed by atoms with E-state index < -0.39 is 26.2 Å². The lowest BCUT2D eigenvalue weighted by molar-refractivity contribution is -0.125. The number of pyridine rings is 1. The molecule has 2 aromatic heterocycles. The molecule has 0 aliphatic carbocycles. The molecule has 0 saturated carbocycles. The Hall–Kier alpha value is -3.52. The first-order valence-corrected chi connectivity index (χ1v) is 18.8. The van der Waals surface area contributed by atoms with Crippen LogP contribution < -0.4 is 15.8 Å². The molecule has 0 radical (unpaired) electrons. The van der Waals surface area contributed by atoms with Crippen LogP contribution in [0.4, 0.5) is 5.82 Å². The number of fused-ring (bicyclic) bond motifs is 1. The van der Waals surface area contributed by atoms with Crippen LogP contribution in [0, 0.1) is 0 Å². The van der Waals surface area contributed by atoms with E-state index in [2.05, 4.69) is 54.0 Å². The van der Waals surface area contributed by atoms with Gasteiger partial charge in [0, 0.05) is 12.2 Å². The van der Waals surface area contributed by atoms with E-state index in [0.29, 0.717) is 41.4 Å². The number of hydrogen-bond acceptors (Lipinski definition) is 8. The average molecular weight is 673 g/mol. The van der Waals surface area contributed by atoms with Crippen molar-refractivity contribution >= 4 is 54.6 Å². The molecule has 3 heterocycles. The van der Waals surface area contributed by atoms with Crippen molar-refractivity contribution in [3.05, 3.63) is 46.9 Å². The third-order valence-corrected chi connectivity index (χ3v) is 13.8. The smallest absolute Gasteiger partial charge is 0.372 e. The van der Waals surface area contributed by atoms with Crippen molar-refractivity contribution in [3.8, 4) is 5.75 Å². The van der Waals surface area contributed by atoms with E-state index >= 15 is 0 Å². The number of nitrogens with two attached hydrogens (primary N) is 1. The molecule has 4 rings (SSSR count). The Morgan fingerprint density at radius 1 is 1.17 bits per heavy atom. The summed E-state index contributed by atoms with van der Waals surface area (Å²) in [6.45, 7) is 15.8. The van der Waals surface area contributed by atoms with Gasteiger partial charge in [-0.1, -0.05) is 38.4 Å². The summed E-state index contributed by atoms with van der Waals surface area (Å²) < 4.78 is 14.1. The Morgan fingerprint density at radius 2 is 1.89 bits per heavy atom.